The molecule has 0 aromatic heterocycles. The van der Waals surface area contributed by atoms with Crippen molar-refractivity contribution in [3.05, 3.63) is 29.8 Å². The van der Waals surface area contributed by atoms with Gasteiger partial charge in [-0.05, 0) is 25.0 Å². The zero-order valence-electron chi connectivity index (χ0n) is 12.9. The van der Waals surface area contributed by atoms with Crippen molar-refractivity contribution >= 4 is 23.5 Å². The highest BCUT2D eigenvalue weighted by molar-refractivity contribution is 6.07. The molecule has 0 atom stereocenters. The van der Waals surface area contributed by atoms with E-state index >= 15 is 0 Å². The lowest BCUT2D eigenvalue weighted by Gasteiger charge is -2.19. The number of imide groups is 1. The molecule has 2 fully saturated rings. The molecule has 1 aliphatic carbocycles. The summed E-state index contributed by atoms with van der Waals surface area (Å²) in [6.07, 6.45) is 2.84. The van der Waals surface area contributed by atoms with E-state index in [1.807, 2.05) is 0 Å². The summed E-state index contributed by atoms with van der Waals surface area (Å²) in [7, 11) is 0. The molecule has 1 heterocycles. The van der Waals surface area contributed by atoms with Crippen LogP contribution in [0.4, 0.5) is 19.3 Å². The second-order valence-electron chi connectivity index (χ2n) is 6.13. The quantitative estimate of drug-likeness (QED) is 0.827. The molecule has 2 N–H and O–H groups in total. The minimum absolute atomic E-state index is 0.0121. The van der Waals surface area contributed by atoms with E-state index in [0.717, 1.165) is 29.9 Å². The standard InChI is InChI=1S/C16H17F2N3O3/c17-10-7-11(18)9-12(8-10)19-13(22)3-6-21-14(23)16(20-15(21)24)4-1-2-5-16/h7-9H,1-6H2,(H,19,22)(H,20,24). The number of hydrogen-bond acceptors (Lipinski definition) is 3. The Balaban J connectivity index is 1.58. The Labute approximate surface area is 137 Å². The minimum atomic E-state index is -0.806. The van der Waals surface area contributed by atoms with E-state index in [1.165, 1.54) is 0 Å². The molecule has 1 aromatic carbocycles. The average molecular weight is 337 g/mol. The van der Waals surface area contributed by atoms with Gasteiger partial charge in [0.1, 0.15) is 17.2 Å². The summed E-state index contributed by atoms with van der Waals surface area (Å²) in [6.45, 7) is -0.0734. The number of hydrogen-bond donors (Lipinski definition) is 2. The maximum atomic E-state index is 13.1. The van der Waals surface area contributed by atoms with Gasteiger partial charge in [0, 0.05) is 24.7 Å². The van der Waals surface area contributed by atoms with Gasteiger partial charge in [-0.25, -0.2) is 13.6 Å². The second kappa shape index (κ2) is 6.18. The van der Waals surface area contributed by atoms with Crippen molar-refractivity contribution in [1.82, 2.24) is 10.2 Å². The van der Waals surface area contributed by atoms with E-state index in [0.29, 0.717) is 18.9 Å². The Hall–Kier alpha value is -2.51. The zero-order chi connectivity index (χ0) is 17.3. The van der Waals surface area contributed by atoms with E-state index in [1.54, 1.807) is 0 Å². The van der Waals surface area contributed by atoms with Gasteiger partial charge >= 0.3 is 6.03 Å². The molecule has 1 saturated carbocycles. The first-order valence-corrected chi connectivity index (χ1v) is 7.80. The Morgan fingerprint density at radius 2 is 1.79 bits per heavy atom. The van der Waals surface area contributed by atoms with Crippen LogP contribution in [0.3, 0.4) is 0 Å². The molecule has 0 bridgehead atoms. The summed E-state index contributed by atoms with van der Waals surface area (Å²) >= 11 is 0. The Kier molecular flexibility index (Phi) is 4.21. The number of carbonyl (C=O) groups is 3. The highest BCUT2D eigenvalue weighted by Gasteiger charge is 2.52. The van der Waals surface area contributed by atoms with Crippen LogP contribution in [-0.4, -0.2) is 34.8 Å². The number of carbonyl (C=O) groups excluding carboxylic acids is 3. The lowest BCUT2D eigenvalue weighted by atomic mass is 9.98. The van der Waals surface area contributed by atoms with E-state index < -0.39 is 29.1 Å². The van der Waals surface area contributed by atoms with Crippen LogP contribution in [0.15, 0.2) is 18.2 Å². The molecule has 3 rings (SSSR count). The first-order chi connectivity index (χ1) is 11.4. The van der Waals surface area contributed by atoms with Crippen molar-refractivity contribution < 1.29 is 23.2 Å². The lowest BCUT2D eigenvalue weighted by molar-refractivity contribution is -0.131. The highest BCUT2D eigenvalue weighted by atomic mass is 19.1. The molecular formula is C16H17F2N3O3. The fourth-order valence-electron chi connectivity index (χ4n) is 3.26. The van der Waals surface area contributed by atoms with Gasteiger partial charge in [-0.3, -0.25) is 14.5 Å². The van der Waals surface area contributed by atoms with Crippen LogP contribution >= 0.6 is 0 Å². The molecule has 4 amide bonds. The number of benzene rings is 1. The topological polar surface area (TPSA) is 78.5 Å². The smallest absolute Gasteiger partial charge is 0.325 e. The highest BCUT2D eigenvalue weighted by Crippen LogP contribution is 2.35. The summed E-state index contributed by atoms with van der Waals surface area (Å²) in [5.41, 5.74) is -0.818. The number of halogens is 2. The fraction of sp³-hybridized carbons (Fsp3) is 0.438. The van der Waals surface area contributed by atoms with Crippen molar-refractivity contribution in [3.63, 3.8) is 0 Å². The summed E-state index contributed by atoms with van der Waals surface area (Å²) in [5.74, 6) is -2.44. The molecule has 2 aliphatic rings. The van der Waals surface area contributed by atoms with Crippen molar-refractivity contribution in [1.29, 1.82) is 0 Å². The molecule has 1 aliphatic heterocycles. The van der Waals surface area contributed by atoms with E-state index in [9.17, 15) is 23.2 Å². The van der Waals surface area contributed by atoms with Crippen molar-refractivity contribution in [2.24, 2.45) is 0 Å². The largest absolute Gasteiger partial charge is 0.326 e. The lowest BCUT2D eigenvalue weighted by Crippen LogP contribution is -2.44. The molecule has 128 valence electrons. The predicted octanol–water partition coefficient (Wildman–Crippen LogP) is 2.16. The third kappa shape index (κ3) is 3.08. The van der Waals surface area contributed by atoms with Crippen molar-refractivity contribution in [3.8, 4) is 0 Å². The van der Waals surface area contributed by atoms with Gasteiger partial charge in [-0.2, -0.15) is 0 Å². The van der Waals surface area contributed by atoms with Gasteiger partial charge in [0.15, 0.2) is 0 Å². The first kappa shape index (κ1) is 16.4. The summed E-state index contributed by atoms with van der Waals surface area (Å²) in [4.78, 5) is 37.3. The normalized spacial score (nSPS) is 19.0. The minimum Gasteiger partial charge on any atom is -0.326 e. The predicted molar refractivity (Wildman–Crippen MR) is 81.0 cm³/mol. The van der Waals surface area contributed by atoms with Gasteiger partial charge in [0.05, 0.1) is 0 Å². The second-order valence-corrected chi connectivity index (χ2v) is 6.13. The SMILES string of the molecule is O=C(CCN1C(=O)NC2(CCCC2)C1=O)Nc1cc(F)cc(F)c1. The zero-order valence-corrected chi connectivity index (χ0v) is 12.9. The molecule has 0 radical (unpaired) electrons. The summed E-state index contributed by atoms with van der Waals surface area (Å²) in [5, 5.41) is 5.07. The molecule has 1 spiro atoms. The molecule has 1 aromatic rings. The number of urea groups is 1. The average Bonchev–Trinajstić information content (AvgIpc) is 3.03. The van der Waals surface area contributed by atoms with E-state index in [-0.39, 0.29) is 24.6 Å². The van der Waals surface area contributed by atoms with Crippen LogP contribution in [-0.2, 0) is 9.59 Å². The summed E-state index contributed by atoms with van der Waals surface area (Å²) < 4.78 is 26.2. The molecular weight excluding hydrogens is 320 g/mol. The molecule has 0 unspecified atom stereocenters. The van der Waals surface area contributed by atoms with Gasteiger partial charge in [-0.1, -0.05) is 12.8 Å². The maximum Gasteiger partial charge on any atom is 0.325 e. The van der Waals surface area contributed by atoms with Crippen molar-refractivity contribution in [2.75, 3.05) is 11.9 Å². The number of nitrogens with zero attached hydrogens (tertiary/aromatic N) is 1. The number of amides is 4. The van der Waals surface area contributed by atoms with Crippen molar-refractivity contribution in [2.45, 2.75) is 37.6 Å². The third-order valence-corrected chi connectivity index (χ3v) is 4.41. The van der Waals surface area contributed by atoms with Crippen LogP contribution in [0, 0.1) is 11.6 Å². The number of nitrogens with one attached hydrogen (secondary N) is 2. The Bertz CT molecular complexity index is 682. The van der Waals surface area contributed by atoms with Crippen LogP contribution in [0.1, 0.15) is 32.1 Å². The molecule has 8 heteroatoms. The Morgan fingerprint density at radius 1 is 1.17 bits per heavy atom. The van der Waals surface area contributed by atoms with Crippen LogP contribution in [0.2, 0.25) is 0 Å². The monoisotopic (exact) mass is 337 g/mol. The summed E-state index contributed by atoms with van der Waals surface area (Å²) in [6, 6.07) is 2.18. The van der Waals surface area contributed by atoms with E-state index in [2.05, 4.69) is 10.6 Å². The molecule has 24 heavy (non-hydrogen) atoms. The molecule has 1 saturated heterocycles. The van der Waals surface area contributed by atoms with Gasteiger partial charge in [0.2, 0.25) is 5.91 Å². The van der Waals surface area contributed by atoms with Gasteiger partial charge in [-0.15, -0.1) is 0 Å². The van der Waals surface area contributed by atoms with Crippen LogP contribution in [0.5, 0.6) is 0 Å². The fourth-order valence-corrected chi connectivity index (χ4v) is 3.26. The molecule has 6 nitrogen and oxygen atoms in total. The number of rotatable bonds is 4. The van der Waals surface area contributed by atoms with Crippen LogP contribution < -0.4 is 10.6 Å². The van der Waals surface area contributed by atoms with Gasteiger partial charge < -0.3 is 10.6 Å². The van der Waals surface area contributed by atoms with Crippen LogP contribution in [0.25, 0.3) is 0 Å². The van der Waals surface area contributed by atoms with E-state index in [4.69, 9.17) is 0 Å². The first-order valence-electron chi connectivity index (χ1n) is 7.80. The Morgan fingerprint density at radius 3 is 2.42 bits per heavy atom. The third-order valence-electron chi connectivity index (χ3n) is 4.41. The maximum absolute atomic E-state index is 13.1. The van der Waals surface area contributed by atoms with Gasteiger partial charge in [0.25, 0.3) is 5.91 Å². The number of anilines is 1.